The van der Waals surface area contributed by atoms with Crippen molar-refractivity contribution in [2.24, 2.45) is 10.6 Å². The summed E-state index contributed by atoms with van der Waals surface area (Å²) < 4.78 is 22.3. The number of anilines is 2. The molecule has 18 heavy (non-hydrogen) atoms. The molecule has 0 bridgehead atoms. The van der Waals surface area contributed by atoms with E-state index in [0.29, 0.717) is 17.9 Å². The SMILES string of the molecule is Nc1cc(S(N)(=O)=O)ccc1NCC1(CO)CC1. The zero-order valence-electron chi connectivity index (χ0n) is 9.89. The first-order chi connectivity index (χ1) is 8.36. The molecule has 0 heterocycles. The number of nitrogens with one attached hydrogen (secondary N) is 1. The Morgan fingerprint density at radius 1 is 1.39 bits per heavy atom. The third-order valence-corrected chi connectivity index (χ3v) is 4.21. The fraction of sp³-hybridized carbons (Fsp3) is 0.455. The number of sulfonamides is 1. The van der Waals surface area contributed by atoms with Crippen molar-refractivity contribution in [2.75, 3.05) is 24.2 Å². The largest absolute Gasteiger partial charge is 0.397 e. The second-order valence-corrected chi connectivity index (χ2v) is 6.37. The third kappa shape index (κ3) is 2.74. The van der Waals surface area contributed by atoms with Gasteiger partial charge in [0, 0.05) is 12.0 Å². The van der Waals surface area contributed by atoms with Crippen molar-refractivity contribution in [1.29, 1.82) is 0 Å². The highest BCUT2D eigenvalue weighted by Gasteiger charge is 2.41. The van der Waals surface area contributed by atoms with E-state index in [2.05, 4.69) is 5.32 Å². The number of hydrogen-bond donors (Lipinski definition) is 4. The summed E-state index contributed by atoms with van der Waals surface area (Å²) in [4.78, 5) is -0.00570. The Labute approximate surface area is 106 Å². The van der Waals surface area contributed by atoms with Gasteiger partial charge in [-0.05, 0) is 31.0 Å². The normalized spacial score (nSPS) is 17.4. The van der Waals surface area contributed by atoms with E-state index in [1.165, 1.54) is 12.1 Å². The lowest BCUT2D eigenvalue weighted by Crippen LogP contribution is -2.20. The molecule has 1 fully saturated rings. The molecule has 0 aliphatic heterocycles. The van der Waals surface area contributed by atoms with Gasteiger partial charge in [0.05, 0.1) is 22.9 Å². The van der Waals surface area contributed by atoms with Crippen LogP contribution in [0.15, 0.2) is 23.1 Å². The van der Waals surface area contributed by atoms with Gasteiger partial charge in [0.25, 0.3) is 0 Å². The van der Waals surface area contributed by atoms with Crippen molar-refractivity contribution in [3.8, 4) is 0 Å². The van der Waals surface area contributed by atoms with Gasteiger partial charge in [0.15, 0.2) is 0 Å². The van der Waals surface area contributed by atoms with Crippen LogP contribution in [0.4, 0.5) is 11.4 Å². The minimum Gasteiger partial charge on any atom is -0.397 e. The second-order valence-electron chi connectivity index (χ2n) is 4.81. The lowest BCUT2D eigenvalue weighted by atomic mass is 10.1. The monoisotopic (exact) mass is 271 g/mol. The van der Waals surface area contributed by atoms with Gasteiger partial charge in [0.1, 0.15) is 0 Å². The van der Waals surface area contributed by atoms with Crippen LogP contribution < -0.4 is 16.2 Å². The molecule has 1 aromatic rings. The van der Waals surface area contributed by atoms with E-state index >= 15 is 0 Å². The number of aliphatic hydroxyl groups excluding tert-OH is 1. The smallest absolute Gasteiger partial charge is 0.238 e. The Bertz CT molecular complexity index is 553. The molecule has 2 rings (SSSR count). The first-order valence-electron chi connectivity index (χ1n) is 5.63. The van der Waals surface area contributed by atoms with Crippen molar-refractivity contribution in [3.05, 3.63) is 18.2 Å². The molecule has 0 saturated heterocycles. The van der Waals surface area contributed by atoms with E-state index in [1.54, 1.807) is 6.07 Å². The molecule has 0 atom stereocenters. The summed E-state index contributed by atoms with van der Waals surface area (Å²) in [6, 6.07) is 4.32. The van der Waals surface area contributed by atoms with Crippen LogP contribution >= 0.6 is 0 Å². The lowest BCUT2D eigenvalue weighted by Gasteiger charge is -2.15. The number of primary sulfonamides is 1. The van der Waals surface area contributed by atoms with Gasteiger partial charge in [-0.25, -0.2) is 13.6 Å². The van der Waals surface area contributed by atoms with E-state index in [4.69, 9.17) is 10.9 Å². The fourth-order valence-corrected chi connectivity index (χ4v) is 2.28. The molecule has 6 nitrogen and oxygen atoms in total. The highest BCUT2D eigenvalue weighted by molar-refractivity contribution is 7.89. The lowest BCUT2D eigenvalue weighted by molar-refractivity contribution is 0.220. The zero-order valence-corrected chi connectivity index (χ0v) is 10.7. The molecule has 1 aliphatic rings. The number of benzene rings is 1. The summed E-state index contributed by atoms with van der Waals surface area (Å²) in [6.07, 6.45) is 1.98. The Hall–Kier alpha value is -1.31. The average Bonchev–Trinajstić information content (AvgIpc) is 3.07. The number of hydrogen-bond acceptors (Lipinski definition) is 5. The van der Waals surface area contributed by atoms with Crippen molar-refractivity contribution in [2.45, 2.75) is 17.7 Å². The zero-order chi connectivity index (χ0) is 13.4. The molecule has 1 aromatic carbocycles. The molecule has 6 N–H and O–H groups in total. The van der Waals surface area contributed by atoms with Crippen LogP contribution in [0.25, 0.3) is 0 Å². The van der Waals surface area contributed by atoms with Gasteiger partial charge in [-0.3, -0.25) is 0 Å². The predicted molar refractivity (Wildman–Crippen MR) is 69.5 cm³/mol. The van der Waals surface area contributed by atoms with Crippen LogP contribution in [0.1, 0.15) is 12.8 Å². The molecule has 100 valence electrons. The van der Waals surface area contributed by atoms with Gasteiger partial charge < -0.3 is 16.2 Å². The molecule has 0 aromatic heterocycles. The summed E-state index contributed by atoms with van der Waals surface area (Å²) >= 11 is 0. The standard InChI is InChI=1S/C11H17N3O3S/c12-9-5-8(18(13,16)17)1-2-10(9)14-6-11(7-15)3-4-11/h1-2,5,14-15H,3-4,6-7,12H2,(H2,13,16,17). The Kier molecular flexibility index (Phi) is 3.22. The van der Waals surface area contributed by atoms with Crippen LogP contribution in [0.2, 0.25) is 0 Å². The number of rotatable bonds is 5. The van der Waals surface area contributed by atoms with Gasteiger partial charge in [-0.2, -0.15) is 0 Å². The van der Waals surface area contributed by atoms with Gasteiger partial charge in [0.2, 0.25) is 10.0 Å². The van der Waals surface area contributed by atoms with Gasteiger partial charge in [-0.15, -0.1) is 0 Å². The highest BCUT2D eigenvalue weighted by atomic mass is 32.2. The van der Waals surface area contributed by atoms with Crippen LogP contribution in [0.3, 0.4) is 0 Å². The fourth-order valence-electron chi connectivity index (χ4n) is 1.73. The number of nitrogens with two attached hydrogens (primary N) is 2. The second kappa shape index (κ2) is 4.42. The molecular weight excluding hydrogens is 254 g/mol. The van der Waals surface area contributed by atoms with E-state index < -0.39 is 10.0 Å². The van der Waals surface area contributed by atoms with Gasteiger partial charge >= 0.3 is 0 Å². The van der Waals surface area contributed by atoms with Crippen molar-refractivity contribution >= 4 is 21.4 Å². The maximum atomic E-state index is 11.1. The van der Waals surface area contributed by atoms with E-state index in [1.807, 2.05) is 0 Å². The highest BCUT2D eigenvalue weighted by Crippen LogP contribution is 2.45. The summed E-state index contributed by atoms with van der Waals surface area (Å²) in [5.41, 5.74) is 6.71. The van der Waals surface area contributed by atoms with Crippen molar-refractivity contribution < 1.29 is 13.5 Å². The van der Waals surface area contributed by atoms with Crippen LogP contribution in [0.5, 0.6) is 0 Å². The van der Waals surface area contributed by atoms with Crippen molar-refractivity contribution in [3.63, 3.8) is 0 Å². The quantitative estimate of drug-likeness (QED) is 0.566. The van der Waals surface area contributed by atoms with Crippen LogP contribution in [-0.4, -0.2) is 26.7 Å². The summed E-state index contributed by atoms with van der Waals surface area (Å²) in [5, 5.41) is 17.3. The molecule has 0 amide bonds. The first-order valence-corrected chi connectivity index (χ1v) is 7.18. The van der Waals surface area contributed by atoms with Crippen molar-refractivity contribution in [1.82, 2.24) is 0 Å². The Morgan fingerprint density at radius 3 is 2.50 bits per heavy atom. The molecule has 0 unspecified atom stereocenters. The third-order valence-electron chi connectivity index (χ3n) is 3.30. The number of nitrogen functional groups attached to an aromatic ring is 1. The minimum atomic E-state index is -3.73. The number of aliphatic hydroxyl groups is 1. The van der Waals surface area contributed by atoms with Crippen LogP contribution in [-0.2, 0) is 10.0 Å². The Balaban J connectivity index is 2.11. The Morgan fingerprint density at radius 2 is 2.06 bits per heavy atom. The maximum Gasteiger partial charge on any atom is 0.238 e. The molecule has 1 saturated carbocycles. The van der Waals surface area contributed by atoms with Gasteiger partial charge in [-0.1, -0.05) is 0 Å². The van der Waals surface area contributed by atoms with E-state index in [0.717, 1.165) is 12.8 Å². The van der Waals surface area contributed by atoms with E-state index in [-0.39, 0.29) is 16.9 Å². The molecule has 0 radical (unpaired) electrons. The average molecular weight is 271 g/mol. The molecule has 7 heteroatoms. The summed E-state index contributed by atoms with van der Waals surface area (Å²) in [6.45, 7) is 0.775. The van der Waals surface area contributed by atoms with Crippen LogP contribution in [0, 0.1) is 5.41 Å². The topological polar surface area (TPSA) is 118 Å². The summed E-state index contributed by atoms with van der Waals surface area (Å²) in [7, 11) is -3.73. The minimum absolute atomic E-state index is 0.00570. The first kappa shape index (κ1) is 13.1. The molecular formula is C11H17N3O3S. The maximum absolute atomic E-state index is 11.1. The molecule has 0 spiro atoms. The predicted octanol–water partition coefficient (Wildman–Crippen LogP) is 0.101. The summed E-state index contributed by atoms with van der Waals surface area (Å²) in [5.74, 6) is 0. The molecule has 1 aliphatic carbocycles. The van der Waals surface area contributed by atoms with E-state index in [9.17, 15) is 13.5 Å².